The summed E-state index contributed by atoms with van der Waals surface area (Å²) in [7, 11) is 0. The molecule has 0 aromatic heterocycles. The van der Waals surface area contributed by atoms with Crippen LogP contribution in [0, 0.1) is 24.6 Å². The Balaban J connectivity index is 2.24. The highest BCUT2D eigenvalue weighted by molar-refractivity contribution is 5.96. The minimum atomic E-state index is -0.354. The Labute approximate surface area is 120 Å². The van der Waals surface area contributed by atoms with E-state index in [-0.39, 0.29) is 17.7 Å². The highest BCUT2D eigenvalue weighted by atomic mass is 19.1. The number of hydrogen-bond acceptors (Lipinski definition) is 2. The van der Waals surface area contributed by atoms with Crippen LogP contribution in [0.5, 0.6) is 5.75 Å². The summed E-state index contributed by atoms with van der Waals surface area (Å²) in [6, 6.07) is 2.94. The number of benzene rings is 1. The number of ether oxygens (including phenoxy) is 1. The maximum atomic E-state index is 13.6. The molecular weight excluding hydrogens is 255 g/mol. The average Bonchev–Trinajstić information content (AvgIpc) is 2.31. The lowest BCUT2D eigenvalue weighted by Gasteiger charge is -2.32. The third-order valence-electron chi connectivity index (χ3n) is 4.07. The number of rotatable bonds is 3. The molecule has 0 heterocycles. The largest absolute Gasteiger partial charge is 0.490 e. The summed E-state index contributed by atoms with van der Waals surface area (Å²) in [5.74, 6) is 1.28. The van der Waals surface area contributed by atoms with Crippen molar-refractivity contribution in [3.05, 3.63) is 29.1 Å². The third kappa shape index (κ3) is 3.38. The molecule has 1 aliphatic carbocycles. The van der Waals surface area contributed by atoms with Gasteiger partial charge in [-0.2, -0.15) is 0 Å². The molecule has 2 unspecified atom stereocenters. The fourth-order valence-corrected chi connectivity index (χ4v) is 3.18. The van der Waals surface area contributed by atoms with Crippen LogP contribution in [-0.4, -0.2) is 11.9 Å². The lowest BCUT2D eigenvalue weighted by Crippen LogP contribution is -2.29. The molecule has 1 aromatic carbocycles. The molecule has 2 rings (SSSR count). The summed E-state index contributed by atoms with van der Waals surface area (Å²) in [6.07, 6.45) is 3.34. The number of carbonyl (C=O) groups is 1. The Hall–Kier alpha value is -1.38. The van der Waals surface area contributed by atoms with Crippen molar-refractivity contribution in [1.82, 2.24) is 0 Å². The monoisotopic (exact) mass is 278 g/mol. The molecule has 0 spiro atoms. The van der Waals surface area contributed by atoms with Crippen LogP contribution in [-0.2, 0) is 0 Å². The van der Waals surface area contributed by atoms with Gasteiger partial charge in [0.2, 0.25) is 0 Å². The van der Waals surface area contributed by atoms with Crippen molar-refractivity contribution in [2.75, 3.05) is 0 Å². The van der Waals surface area contributed by atoms with Crippen LogP contribution >= 0.6 is 0 Å². The van der Waals surface area contributed by atoms with E-state index in [1.165, 1.54) is 19.4 Å². The zero-order valence-corrected chi connectivity index (χ0v) is 12.7. The Morgan fingerprint density at radius 2 is 1.80 bits per heavy atom. The summed E-state index contributed by atoms with van der Waals surface area (Å²) >= 11 is 0. The first-order chi connectivity index (χ1) is 9.36. The second-order valence-electron chi connectivity index (χ2n) is 6.31. The number of ketones is 1. The molecule has 1 aliphatic rings. The molecule has 2 atom stereocenters. The number of hydrogen-bond donors (Lipinski definition) is 0. The van der Waals surface area contributed by atoms with E-state index in [4.69, 9.17) is 4.74 Å². The van der Waals surface area contributed by atoms with Crippen molar-refractivity contribution in [1.29, 1.82) is 0 Å². The molecule has 110 valence electrons. The van der Waals surface area contributed by atoms with Crippen molar-refractivity contribution in [3.8, 4) is 5.75 Å². The van der Waals surface area contributed by atoms with Crippen LogP contribution < -0.4 is 4.74 Å². The SMILES string of the molecule is CC(=O)c1cc(F)c(C)cc1OC1CC(C)CC(C)C1. The standard InChI is InChI=1S/C17H23FO2/c1-10-5-11(2)7-14(6-10)20-17-8-12(3)16(18)9-15(17)13(4)19/h8-11,14H,5-7H2,1-4H3. The molecule has 0 radical (unpaired) electrons. The summed E-state index contributed by atoms with van der Waals surface area (Å²) in [4.78, 5) is 11.7. The van der Waals surface area contributed by atoms with Gasteiger partial charge < -0.3 is 4.74 Å². The van der Waals surface area contributed by atoms with Crippen LogP contribution in [0.15, 0.2) is 12.1 Å². The summed E-state index contributed by atoms with van der Waals surface area (Å²) in [5.41, 5.74) is 0.862. The molecule has 2 nitrogen and oxygen atoms in total. The maximum Gasteiger partial charge on any atom is 0.163 e. The Morgan fingerprint density at radius 1 is 1.20 bits per heavy atom. The van der Waals surface area contributed by atoms with Gasteiger partial charge in [-0.1, -0.05) is 13.8 Å². The lowest BCUT2D eigenvalue weighted by atomic mass is 9.82. The second-order valence-corrected chi connectivity index (χ2v) is 6.31. The predicted molar refractivity (Wildman–Crippen MR) is 77.7 cm³/mol. The zero-order chi connectivity index (χ0) is 14.9. The molecule has 0 bridgehead atoms. The average molecular weight is 278 g/mol. The quantitative estimate of drug-likeness (QED) is 0.759. The van der Waals surface area contributed by atoms with Gasteiger partial charge in [-0.05, 0) is 62.6 Å². The Bertz CT molecular complexity index is 500. The molecule has 0 saturated heterocycles. The number of halogens is 1. The predicted octanol–water partition coefficient (Wildman–Crippen LogP) is 4.54. The van der Waals surface area contributed by atoms with Gasteiger partial charge in [0, 0.05) is 0 Å². The minimum Gasteiger partial charge on any atom is -0.490 e. The molecular formula is C17H23FO2. The molecule has 1 saturated carbocycles. The van der Waals surface area contributed by atoms with Gasteiger partial charge in [0.05, 0.1) is 11.7 Å². The van der Waals surface area contributed by atoms with E-state index in [0.717, 1.165) is 12.8 Å². The zero-order valence-electron chi connectivity index (χ0n) is 12.7. The molecule has 20 heavy (non-hydrogen) atoms. The normalized spacial score (nSPS) is 26.4. The van der Waals surface area contributed by atoms with E-state index in [2.05, 4.69) is 13.8 Å². The number of aryl methyl sites for hydroxylation is 1. The fourth-order valence-electron chi connectivity index (χ4n) is 3.18. The van der Waals surface area contributed by atoms with Crippen LogP contribution in [0.4, 0.5) is 4.39 Å². The van der Waals surface area contributed by atoms with E-state index < -0.39 is 0 Å². The van der Waals surface area contributed by atoms with Crippen molar-refractivity contribution in [2.45, 2.75) is 53.1 Å². The van der Waals surface area contributed by atoms with E-state index >= 15 is 0 Å². The summed E-state index contributed by atoms with van der Waals surface area (Å²) in [5, 5.41) is 0. The van der Waals surface area contributed by atoms with E-state index in [1.807, 2.05) is 0 Å². The lowest BCUT2D eigenvalue weighted by molar-refractivity contribution is 0.0940. The Morgan fingerprint density at radius 3 is 2.35 bits per heavy atom. The number of carbonyl (C=O) groups excluding carboxylic acids is 1. The molecule has 0 amide bonds. The number of Topliss-reactive ketones (excluding diaryl/α,β-unsaturated/α-hetero) is 1. The smallest absolute Gasteiger partial charge is 0.163 e. The van der Waals surface area contributed by atoms with Crippen molar-refractivity contribution in [3.63, 3.8) is 0 Å². The fraction of sp³-hybridized carbons (Fsp3) is 0.588. The first kappa shape index (κ1) is 15.0. The molecule has 0 aliphatic heterocycles. The van der Waals surface area contributed by atoms with Crippen molar-refractivity contribution < 1.29 is 13.9 Å². The van der Waals surface area contributed by atoms with Gasteiger partial charge in [-0.25, -0.2) is 4.39 Å². The first-order valence-electron chi connectivity index (χ1n) is 7.34. The van der Waals surface area contributed by atoms with Gasteiger partial charge in [-0.15, -0.1) is 0 Å². The van der Waals surface area contributed by atoms with E-state index in [0.29, 0.717) is 28.7 Å². The van der Waals surface area contributed by atoms with E-state index in [1.54, 1.807) is 13.0 Å². The highest BCUT2D eigenvalue weighted by Crippen LogP contribution is 2.33. The minimum absolute atomic E-state index is 0.122. The van der Waals surface area contributed by atoms with Gasteiger partial charge >= 0.3 is 0 Å². The molecule has 3 heteroatoms. The topological polar surface area (TPSA) is 26.3 Å². The molecule has 1 aromatic rings. The Kier molecular flexibility index (Phi) is 4.46. The van der Waals surface area contributed by atoms with Gasteiger partial charge in [0.1, 0.15) is 11.6 Å². The van der Waals surface area contributed by atoms with Gasteiger partial charge in [0.25, 0.3) is 0 Å². The van der Waals surface area contributed by atoms with Crippen molar-refractivity contribution >= 4 is 5.78 Å². The van der Waals surface area contributed by atoms with Gasteiger partial charge in [-0.3, -0.25) is 4.79 Å². The maximum absolute atomic E-state index is 13.6. The summed E-state index contributed by atoms with van der Waals surface area (Å²) < 4.78 is 19.7. The van der Waals surface area contributed by atoms with Gasteiger partial charge in [0.15, 0.2) is 5.78 Å². The highest BCUT2D eigenvalue weighted by Gasteiger charge is 2.26. The first-order valence-corrected chi connectivity index (χ1v) is 7.34. The van der Waals surface area contributed by atoms with Crippen LogP contribution in [0.1, 0.15) is 56.0 Å². The molecule has 1 fully saturated rings. The summed E-state index contributed by atoms with van der Waals surface area (Å²) in [6.45, 7) is 7.60. The van der Waals surface area contributed by atoms with Crippen LogP contribution in [0.2, 0.25) is 0 Å². The van der Waals surface area contributed by atoms with Crippen LogP contribution in [0.25, 0.3) is 0 Å². The third-order valence-corrected chi connectivity index (χ3v) is 4.07. The molecule has 0 N–H and O–H groups in total. The van der Waals surface area contributed by atoms with Crippen molar-refractivity contribution in [2.24, 2.45) is 11.8 Å². The van der Waals surface area contributed by atoms with E-state index in [9.17, 15) is 9.18 Å². The second kappa shape index (κ2) is 5.94. The van der Waals surface area contributed by atoms with Crippen LogP contribution in [0.3, 0.4) is 0 Å².